The van der Waals surface area contributed by atoms with Crippen LogP contribution >= 0.6 is 0 Å². The lowest BCUT2D eigenvalue weighted by molar-refractivity contribution is -0.125. The number of nitrogens with one attached hydrogen (secondary N) is 2. The summed E-state index contributed by atoms with van der Waals surface area (Å²) < 4.78 is 0. The summed E-state index contributed by atoms with van der Waals surface area (Å²) in [6.07, 6.45) is 6.22. The van der Waals surface area contributed by atoms with Crippen LogP contribution in [0.2, 0.25) is 0 Å². The molecule has 1 saturated carbocycles. The molecule has 3 atom stereocenters. The molecule has 0 bridgehead atoms. The second-order valence-electron chi connectivity index (χ2n) is 6.27. The number of carbonyl (C=O) groups excluding carboxylic acids is 1. The molecule has 3 fully saturated rings. The van der Waals surface area contributed by atoms with Gasteiger partial charge in [-0.05, 0) is 44.6 Å². The summed E-state index contributed by atoms with van der Waals surface area (Å²) in [7, 11) is 0. The van der Waals surface area contributed by atoms with Gasteiger partial charge >= 0.3 is 0 Å². The van der Waals surface area contributed by atoms with Gasteiger partial charge in [0.25, 0.3) is 0 Å². The van der Waals surface area contributed by atoms with Gasteiger partial charge in [0, 0.05) is 25.2 Å². The van der Waals surface area contributed by atoms with E-state index in [-0.39, 0.29) is 11.9 Å². The molecular weight excluding hydrogens is 226 g/mol. The quantitative estimate of drug-likeness (QED) is 0.777. The molecule has 0 spiro atoms. The van der Waals surface area contributed by atoms with Crippen molar-refractivity contribution in [3.05, 3.63) is 0 Å². The summed E-state index contributed by atoms with van der Waals surface area (Å²) in [5.41, 5.74) is 0. The Morgan fingerprint density at radius 3 is 2.83 bits per heavy atom. The molecule has 2 aliphatic heterocycles. The lowest BCUT2D eigenvalue weighted by Gasteiger charge is -2.30. The van der Waals surface area contributed by atoms with Crippen LogP contribution in [0.3, 0.4) is 0 Å². The average molecular weight is 251 g/mol. The van der Waals surface area contributed by atoms with Crippen LogP contribution in [0.15, 0.2) is 0 Å². The van der Waals surface area contributed by atoms with Crippen LogP contribution < -0.4 is 10.6 Å². The van der Waals surface area contributed by atoms with Crippen molar-refractivity contribution in [2.45, 2.75) is 57.2 Å². The molecule has 0 aromatic heterocycles. The first-order chi connectivity index (χ1) is 8.74. The van der Waals surface area contributed by atoms with Gasteiger partial charge in [-0.25, -0.2) is 0 Å². The monoisotopic (exact) mass is 251 g/mol. The zero-order valence-electron chi connectivity index (χ0n) is 11.3. The second-order valence-corrected chi connectivity index (χ2v) is 6.27. The third-order valence-corrected chi connectivity index (χ3v) is 4.68. The Kier molecular flexibility index (Phi) is 3.57. The highest BCUT2D eigenvalue weighted by Gasteiger charge is 2.36. The van der Waals surface area contributed by atoms with Crippen LogP contribution in [0.25, 0.3) is 0 Å². The number of hydrogen-bond acceptors (Lipinski definition) is 3. The van der Waals surface area contributed by atoms with E-state index in [2.05, 4.69) is 22.5 Å². The maximum Gasteiger partial charge on any atom is 0.237 e. The molecule has 1 aliphatic carbocycles. The van der Waals surface area contributed by atoms with Gasteiger partial charge in [-0.3, -0.25) is 9.69 Å². The van der Waals surface area contributed by atoms with E-state index < -0.39 is 0 Å². The zero-order valence-corrected chi connectivity index (χ0v) is 11.3. The van der Waals surface area contributed by atoms with Crippen LogP contribution in [0, 0.1) is 5.92 Å². The van der Waals surface area contributed by atoms with Crippen molar-refractivity contribution in [3.8, 4) is 0 Å². The molecule has 4 heteroatoms. The van der Waals surface area contributed by atoms with E-state index >= 15 is 0 Å². The first-order valence-corrected chi connectivity index (χ1v) is 7.52. The molecule has 0 radical (unpaired) electrons. The molecule has 3 aliphatic rings. The smallest absolute Gasteiger partial charge is 0.237 e. The highest BCUT2D eigenvalue weighted by atomic mass is 16.2. The molecular formula is C14H25N3O. The Morgan fingerprint density at radius 1 is 1.28 bits per heavy atom. The third kappa shape index (κ3) is 2.69. The van der Waals surface area contributed by atoms with E-state index in [9.17, 15) is 4.79 Å². The maximum atomic E-state index is 12.3. The van der Waals surface area contributed by atoms with Crippen LogP contribution in [0.5, 0.6) is 0 Å². The van der Waals surface area contributed by atoms with Crippen molar-refractivity contribution < 1.29 is 4.79 Å². The molecule has 18 heavy (non-hydrogen) atoms. The normalized spacial score (nSPS) is 37.7. The molecule has 2 heterocycles. The summed E-state index contributed by atoms with van der Waals surface area (Å²) in [4.78, 5) is 14.8. The summed E-state index contributed by atoms with van der Waals surface area (Å²) in [6.45, 7) is 5.41. The van der Waals surface area contributed by atoms with Gasteiger partial charge in [-0.15, -0.1) is 0 Å². The number of likely N-dealkylation sites (tertiary alicyclic amines) is 1. The fourth-order valence-electron chi connectivity index (χ4n) is 3.37. The van der Waals surface area contributed by atoms with Crippen LogP contribution in [0.4, 0.5) is 0 Å². The second kappa shape index (κ2) is 5.17. The van der Waals surface area contributed by atoms with Crippen molar-refractivity contribution in [1.29, 1.82) is 0 Å². The first-order valence-electron chi connectivity index (χ1n) is 7.52. The topological polar surface area (TPSA) is 44.4 Å². The molecule has 3 unspecified atom stereocenters. The van der Waals surface area contributed by atoms with Gasteiger partial charge in [0.15, 0.2) is 0 Å². The van der Waals surface area contributed by atoms with Crippen molar-refractivity contribution in [2.24, 2.45) is 5.92 Å². The molecule has 0 aromatic carbocycles. The largest absolute Gasteiger partial charge is 0.351 e. The summed E-state index contributed by atoms with van der Waals surface area (Å²) in [5.74, 6) is 0.699. The fourth-order valence-corrected chi connectivity index (χ4v) is 3.37. The van der Waals surface area contributed by atoms with E-state index in [4.69, 9.17) is 0 Å². The van der Waals surface area contributed by atoms with Gasteiger partial charge in [0.2, 0.25) is 5.91 Å². The number of piperidine rings is 1. The Labute approximate surface area is 109 Å². The highest BCUT2D eigenvalue weighted by molar-refractivity contribution is 5.82. The molecule has 2 N–H and O–H groups in total. The van der Waals surface area contributed by atoms with Crippen molar-refractivity contribution in [2.75, 3.05) is 19.6 Å². The lowest BCUT2D eigenvalue weighted by atomic mass is 9.92. The Hall–Kier alpha value is -0.610. The minimum atomic E-state index is 0.0359. The average Bonchev–Trinajstić information content (AvgIpc) is 3.11. The Morgan fingerprint density at radius 2 is 2.11 bits per heavy atom. The van der Waals surface area contributed by atoms with E-state index in [1.54, 1.807) is 0 Å². The summed E-state index contributed by atoms with van der Waals surface area (Å²) >= 11 is 0. The van der Waals surface area contributed by atoms with Crippen LogP contribution in [0.1, 0.15) is 39.0 Å². The first kappa shape index (κ1) is 12.4. The number of hydrogen-bond donors (Lipinski definition) is 2. The Bertz CT molecular complexity index is 316. The fraction of sp³-hybridized carbons (Fsp3) is 0.929. The maximum absolute atomic E-state index is 12.3. The van der Waals surface area contributed by atoms with Gasteiger partial charge in [-0.1, -0.05) is 6.92 Å². The third-order valence-electron chi connectivity index (χ3n) is 4.68. The highest BCUT2D eigenvalue weighted by Crippen LogP contribution is 2.29. The minimum absolute atomic E-state index is 0.0359. The van der Waals surface area contributed by atoms with Crippen LogP contribution in [-0.2, 0) is 4.79 Å². The molecule has 102 valence electrons. The van der Waals surface area contributed by atoms with Crippen molar-refractivity contribution in [1.82, 2.24) is 15.5 Å². The van der Waals surface area contributed by atoms with Gasteiger partial charge in [0.1, 0.15) is 0 Å². The lowest BCUT2D eigenvalue weighted by Crippen LogP contribution is -2.53. The molecule has 1 amide bonds. The number of rotatable bonds is 3. The number of carbonyl (C=O) groups is 1. The standard InChI is InChI=1S/C14H25N3O/c1-10-3-2-7-15-13(10)14(18)16-11-6-8-17(9-11)12-4-5-12/h10-13,15H,2-9H2,1H3,(H,16,18). The zero-order chi connectivity index (χ0) is 12.5. The number of amides is 1. The summed E-state index contributed by atoms with van der Waals surface area (Å²) in [5, 5.41) is 6.61. The van der Waals surface area contributed by atoms with E-state index in [1.807, 2.05) is 0 Å². The van der Waals surface area contributed by atoms with Crippen LogP contribution in [-0.4, -0.2) is 48.6 Å². The molecule has 3 rings (SSSR count). The Balaban J connectivity index is 1.48. The number of nitrogens with zero attached hydrogens (tertiary/aromatic N) is 1. The summed E-state index contributed by atoms with van der Waals surface area (Å²) in [6, 6.07) is 1.25. The van der Waals surface area contributed by atoms with Gasteiger partial charge < -0.3 is 10.6 Å². The molecule has 0 aromatic rings. The van der Waals surface area contributed by atoms with Crippen molar-refractivity contribution >= 4 is 5.91 Å². The van der Waals surface area contributed by atoms with E-state index in [1.165, 1.54) is 32.2 Å². The SMILES string of the molecule is CC1CCCNC1C(=O)NC1CCN(C2CC2)C1. The van der Waals surface area contributed by atoms with Gasteiger partial charge in [0.05, 0.1) is 6.04 Å². The minimum Gasteiger partial charge on any atom is -0.351 e. The van der Waals surface area contributed by atoms with Crippen molar-refractivity contribution in [3.63, 3.8) is 0 Å². The van der Waals surface area contributed by atoms with E-state index in [0.29, 0.717) is 12.0 Å². The predicted octanol–water partition coefficient (Wildman–Crippen LogP) is 0.727. The molecule has 2 saturated heterocycles. The molecule has 4 nitrogen and oxygen atoms in total. The van der Waals surface area contributed by atoms with E-state index in [0.717, 1.165) is 25.6 Å². The van der Waals surface area contributed by atoms with Gasteiger partial charge in [-0.2, -0.15) is 0 Å². The predicted molar refractivity (Wildman–Crippen MR) is 71.3 cm³/mol.